The molecule has 1 heterocycles. The Morgan fingerprint density at radius 3 is 2.44 bits per heavy atom. The largest absolute Gasteiger partial charge is 0.311 e. The average molecular weight is 222 g/mol. The lowest BCUT2D eigenvalue weighted by molar-refractivity contribution is 0.213. The van der Waals surface area contributed by atoms with E-state index in [0.29, 0.717) is 0 Å². The number of hydrogen-bond donors (Lipinski definition) is 1. The summed E-state index contributed by atoms with van der Waals surface area (Å²) >= 11 is 0. The first-order chi connectivity index (χ1) is 7.65. The molecule has 2 aliphatic rings. The van der Waals surface area contributed by atoms with E-state index in [1.54, 1.807) is 0 Å². The number of nitrogens with zero attached hydrogens (tertiary/aromatic N) is 1. The summed E-state index contributed by atoms with van der Waals surface area (Å²) in [7, 11) is 0. The summed E-state index contributed by atoms with van der Waals surface area (Å²) in [5, 5.41) is 3.79. The van der Waals surface area contributed by atoms with Crippen molar-refractivity contribution in [2.75, 3.05) is 19.6 Å². The lowest BCUT2D eigenvalue weighted by Crippen LogP contribution is -2.43. The van der Waals surface area contributed by atoms with E-state index in [4.69, 9.17) is 0 Å². The van der Waals surface area contributed by atoms with Crippen LogP contribution in [0.15, 0.2) is 11.6 Å². The summed E-state index contributed by atoms with van der Waals surface area (Å²) < 4.78 is 0. The van der Waals surface area contributed by atoms with Crippen LogP contribution < -0.4 is 5.32 Å². The van der Waals surface area contributed by atoms with Gasteiger partial charge in [-0.25, -0.2) is 0 Å². The molecule has 1 aliphatic heterocycles. The van der Waals surface area contributed by atoms with E-state index in [9.17, 15) is 0 Å². The molecule has 2 unspecified atom stereocenters. The Bertz CT molecular complexity index is 247. The van der Waals surface area contributed by atoms with Gasteiger partial charge in [0.05, 0.1) is 0 Å². The van der Waals surface area contributed by atoms with Crippen LogP contribution in [-0.4, -0.2) is 36.6 Å². The molecule has 1 saturated heterocycles. The Kier molecular flexibility index (Phi) is 4.04. The zero-order chi connectivity index (χ0) is 11.5. The highest BCUT2D eigenvalue weighted by Gasteiger charge is 2.34. The molecule has 2 rings (SSSR count). The van der Waals surface area contributed by atoms with Crippen LogP contribution in [0.2, 0.25) is 0 Å². The van der Waals surface area contributed by atoms with Crippen LogP contribution in [0.3, 0.4) is 0 Å². The number of hydrogen-bond acceptors (Lipinski definition) is 2. The van der Waals surface area contributed by atoms with Gasteiger partial charge in [-0.3, -0.25) is 4.90 Å². The Labute approximate surface area is 100 Å². The molecule has 92 valence electrons. The second-order valence-corrected chi connectivity index (χ2v) is 5.84. The van der Waals surface area contributed by atoms with Crippen LogP contribution in [0.1, 0.15) is 40.0 Å². The number of rotatable bonds is 4. The topological polar surface area (TPSA) is 15.3 Å². The van der Waals surface area contributed by atoms with Gasteiger partial charge in [0.1, 0.15) is 0 Å². The van der Waals surface area contributed by atoms with Crippen molar-refractivity contribution < 1.29 is 0 Å². The summed E-state index contributed by atoms with van der Waals surface area (Å²) in [6.45, 7) is 10.4. The second-order valence-electron chi connectivity index (χ2n) is 5.84. The Morgan fingerprint density at radius 2 is 1.94 bits per heavy atom. The van der Waals surface area contributed by atoms with Crippen molar-refractivity contribution in [1.82, 2.24) is 10.2 Å². The monoisotopic (exact) mass is 222 g/mol. The fraction of sp³-hybridized carbons (Fsp3) is 0.857. The van der Waals surface area contributed by atoms with Gasteiger partial charge in [0, 0.05) is 18.6 Å². The maximum Gasteiger partial charge on any atom is 0.0165 e. The van der Waals surface area contributed by atoms with Crippen molar-refractivity contribution >= 4 is 0 Å². The lowest BCUT2D eigenvalue weighted by Gasteiger charge is -2.32. The fourth-order valence-electron chi connectivity index (χ4n) is 2.45. The molecular weight excluding hydrogens is 196 g/mol. The van der Waals surface area contributed by atoms with Gasteiger partial charge in [0.2, 0.25) is 0 Å². The van der Waals surface area contributed by atoms with Crippen molar-refractivity contribution in [3.8, 4) is 0 Å². The summed E-state index contributed by atoms with van der Waals surface area (Å²) in [5.41, 5.74) is 1.44. The van der Waals surface area contributed by atoms with Crippen molar-refractivity contribution in [2.24, 2.45) is 5.92 Å². The van der Waals surface area contributed by atoms with Gasteiger partial charge in [-0.2, -0.15) is 0 Å². The van der Waals surface area contributed by atoms with Crippen molar-refractivity contribution in [3.05, 3.63) is 11.6 Å². The van der Waals surface area contributed by atoms with E-state index in [1.165, 1.54) is 37.9 Å². The predicted octanol–water partition coefficient (Wildman–Crippen LogP) is 2.42. The molecule has 1 saturated carbocycles. The van der Waals surface area contributed by atoms with Gasteiger partial charge in [0.15, 0.2) is 0 Å². The minimum atomic E-state index is 0.790. The molecule has 2 heteroatoms. The molecule has 2 nitrogen and oxygen atoms in total. The van der Waals surface area contributed by atoms with Gasteiger partial charge in [-0.15, -0.1) is 0 Å². The van der Waals surface area contributed by atoms with Crippen molar-refractivity contribution in [2.45, 2.75) is 52.1 Å². The van der Waals surface area contributed by atoms with Crippen molar-refractivity contribution in [1.29, 1.82) is 0 Å². The summed E-state index contributed by atoms with van der Waals surface area (Å²) in [6.07, 6.45) is 6.41. The zero-order valence-electron chi connectivity index (χ0n) is 11.0. The third-order valence-electron chi connectivity index (χ3n) is 3.90. The van der Waals surface area contributed by atoms with Gasteiger partial charge < -0.3 is 5.32 Å². The molecule has 2 atom stereocenters. The van der Waals surface area contributed by atoms with E-state index in [1.807, 2.05) is 0 Å². The maximum atomic E-state index is 3.79. The first-order valence-corrected chi connectivity index (χ1v) is 6.77. The third kappa shape index (κ3) is 3.60. The van der Waals surface area contributed by atoms with Crippen LogP contribution in [0.25, 0.3) is 0 Å². The molecule has 1 aliphatic carbocycles. The molecule has 16 heavy (non-hydrogen) atoms. The average Bonchev–Trinajstić information content (AvgIpc) is 2.93. The van der Waals surface area contributed by atoms with Gasteiger partial charge in [-0.1, -0.05) is 18.6 Å². The molecule has 0 radical (unpaired) electrons. The molecule has 2 fully saturated rings. The first kappa shape index (κ1) is 12.1. The number of allylic oxidation sites excluding steroid dienone is 1. The zero-order valence-corrected chi connectivity index (χ0v) is 11.0. The molecule has 0 bridgehead atoms. The molecule has 0 amide bonds. The van der Waals surface area contributed by atoms with Gasteiger partial charge in [0.25, 0.3) is 0 Å². The third-order valence-corrected chi connectivity index (χ3v) is 3.90. The van der Waals surface area contributed by atoms with E-state index in [2.05, 4.69) is 37.1 Å². The normalized spacial score (nSPS) is 31.4. The second kappa shape index (κ2) is 5.33. The van der Waals surface area contributed by atoms with Gasteiger partial charge in [-0.05, 0) is 52.1 Å². The highest BCUT2D eigenvalue weighted by atomic mass is 15.1. The smallest absolute Gasteiger partial charge is 0.0165 e. The Morgan fingerprint density at radius 1 is 1.31 bits per heavy atom. The number of likely N-dealkylation sites (tertiary alicyclic amines) is 1. The standard InChI is InChI=1S/C14H26N2/c1-11(2)4-7-16-8-5-13(6-9-16)15-14-10-12(14)3/h4,12-15H,5-10H2,1-3H3. The summed E-state index contributed by atoms with van der Waals surface area (Å²) in [6, 6.07) is 1.63. The molecule has 0 aromatic carbocycles. The lowest BCUT2D eigenvalue weighted by atomic mass is 10.0. The predicted molar refractivity (Wildman–Crippen MR) is 69.6 cm³/mol. The Hall–Kier alpha value is -0.340. The minimum Gasteiger partial charge on any atom is -0.311 e. The quantitative estimate of drug-likeness (QED) is 0.735. The minimum absolute atomic E-state index is 0.790. The molecule has 0 aromatic heterocycles. The SMILES string of the molecule is CC(C)=CCN1CCC(NC2CC2C)CC1. The van der Waals surface area contributed by atoms with Crippen LogP contribution in [0, 0.1) is 5.92 Å². The summed E-state index contributed by atoms with van der Waals surface area (Å²) in [5.74, 6) is 0.934. The first-order valence-electron chi connectivity index (χ1n) is 6.77. The van der Waals surface area contributed by atoms with Crippen LogP contribution in [0.5, 0.6) is 0 Å². The van der Waals surface area contributed by atoms with Crippen LogP contribution in [0.4, 0.5) is 0 Å². The van der Waals surface area contributed by atoms with Crippen LogP contribution >= 0.6 is 0 Å². The van der Waals surface area contributed by atoms with E-state index >= 15 is 0 Å². The maximum absolute atomic E-state index is 3.79. The van der Waals surface area contributed by atoms with Crippen molar-refractivity contribution in [3.63, 3.8) is 0 Å². The van der Waals surface area contributed by atoms with Crippen LogP contribution in [-0.2, 0) is 0 Å². The summed E-state index contributed by atoms with van der Waals surface area (Å²) in [4.78, 5) is 2.57. The number of nitrogens with one attached hydrogen (secondary N) is 1. The highest BCUT2D eigenvalue weighted by Crippen LogP contribution is 2.30. The molecule has 1 N–H and O–H groups in total. The fourth-order valence-corrected chi connectivity index (χ4v) is 2.45. The molecular formula is C14H26N2. The Balaban J connectivity index is 1.64. The van der Waals surface area contributed by atoms with E-state index in [-0.39, 0.29) is 0 Å². The molecule has 0 spiro atoms. The van der Waals surface area contributed by atoms with E-state index < -0.39 is 0 Å². The molecule has 0 aromatic rings. The highest BCUT2D eigenvalue weighted by molar-refractivity contribution is 4.97. The van der Waals surface area contributed by atoms with Gasteiger partial charge >= 0.3 is 0 Å². The van der Waals surface area contributed by atoms with E-state index in [0.717, 1.165) is 24.5 Å². The number of piperidine rings is 1.